The number of nitriles is 1. The smallest absolute Gasteiger partial charge is 0.235 e. The maximum atomic E-state index is 12.0. The second-order valence-electron chi connectivity index (χ2n) is 5.59. The fraction of sp³-hybridized carbons (Fsp3) is 0.846. The van der Waals surface area contributed by atoms with Gasteiger partial charge in [0.15, 0.2) is 0 Å². The molecule has 0 aromatic heterocycles. The Bertz CT molecular complexity index is 343. The van der Waals surface area contributed by atoms with Crippen LogP contribution in [0, 0.1) is 11.3 Å². The third-order valence-electron chi connectivity index (χ3n) is 3.96. The summed E-state index contributed by atoms with van der Waals surface area (Å²) in [6.45, 7) is 2.09. The molecule has 100 valence electrons. The standard InChI is InChI=1S/C13H22N4O/c14-10-13(5-1-2-6-13)16-12(18)9-17-7-3-4-11(15)8-17/h11H,1-9,15H2,(H,16,18)/t11-/m1/s1. The van der Waals surface area contributed by atoms with Gasteiger partial charge in [-0.3, -0.25) is 9.69 Å². The molecule has 1 atom stereocenters. The van der Waals surface area contributed by atoms with Gasteiger partial charge in [0.2, 0.25) is 5.91 Å². The van der Waals surface area contributed by atoms with Crippen molar-refractivity contribution >= 4 is 5.91 Å². The highest BCUT2D eigenvalue weighted by molar-refractivity contribution is 5.79. The van der Waals surface area contributed by atoms with Gasteiger partial charge in [-0.05, 0) is 45.1 Å². The van der Waals surface area contributed by atoms with E-state index in [0.717, 1.165) is 51.6 Å². The molecular weight excluding hydrogens is 228 g/mol. The average molecular weight is 250 g/mol. The number of hydrogen-bond acceptors (Lipinski definition) is 4. The van der Waals surface area contributed by atoms with Gasteiger partial charge in [-0.1, -0.05) is 0 Å². The summed E-state index contributed by atoms with van der Waals surface area (Å²) in [5, 5.41) is 12.1. The summed E-state index contributed by atoms with van der Waals surface area (Å²) in [6, 6.07) is 2.46. The number of nitrogens with zero attached hydrogens (tertiary/aromatic N) is 2. The van der Waals surface area contributed by atoms with Crippen molar-refractivity contribution < 1.29 is 4.79 Å². The average Bonchev–Trinajstić information content (AvgIpc) is 2.78. The fourth-order valence-electron chi connectivity index (χ4n) is 2.99. The van der Waals surface area contributed by atoms with Gasteiger partial charge in [-0.2, -0.15) is 5.26 Å². The van der Waals surface area contributed by atoms with Gasteiger partial charge in [0, 0.05) is 12.6 Å². The van der Waals surface area contributed by atoms with Crippen LogP contribution in [0.5, 0.6) is 0 Å². The normalized spacial score (nSPS) is 27.7. The van der Waals surface area contributed by atoms with Crippen LogP contribution in [0.1, 0.15) is 38.5 Å². The van der Waals surface area contributed by atoms with Gasteiger partial charge < -0.3 is 11.1 Å². The van der Waals surface area contributed by atoms with Crippen LogP contribution in [0.25, 0.3) is 0 Å². The number of nitrogens with one attached hydrogen (secondary N) is 1. The Labute approximate surface area is 108 Å². The molecule has 1 saturated carbocycles. The minimum atomic E-state index is -0.602. The predicted molar refractivity (Wildman–Crippen MR) is 68.6 cm³/mol. The quantitative estimate of drug-likeness (QED) is 0.758. The molecule has 5 nitrogen and oxygen atoms in total. The summed E-state index contributed by atoms with van der Waals surface area (Å²) in [7, 11) is 0. The first-order valence-corrected chi connectivity index (χ1v) is 6.84. The zero-order valence-corrected chi connectivity index (χ0v) is 10.8. The molecule has 0 unspecified atom stereocenters. The second-order valence-corrected chi connectivity index (χ2v) is 5.59. The van der Waals surface area contributed by atoms with Gasteiger partial charge in [-0.15, -0.1) is 0 Å². The molecule has 1 saturated heterocycles. The van der Waals surface area contributed by atoms with Crippen LogP contribution in [-0.2, 0) is 4.79 Å². The Kier molecular flexibility index (Phi) is 4.20. The minimum Gasteiger partial charge on any atom is -0.337 e. The number of hydrogen-bond donors (Lipinski definition) is 2. The van der Waals surface area contributed by atoms with E-state index in [-0.39, 0.29) is 11.9 Å². The van der Waals surface area contributed by atoms with Crippen molar-refractivity contribution in [3.05, 3.63) is 0 Å². The Morgan fingerprint density at radius 2 is 2.17 bits per heavy atom. The molecule has 0 aromatic carbocycles. The summed E-state index contributed by atoms with van der Waals surface area (Å²) in [5.41, 5.74) is 5.29. The first kappa shape index (κ1) is 13.3. The van der Waals surface area contributed by atoms with E-state index in [1.54, 1.807) is 0 Å². The topological polar surface area (TPSA) is 82.2 Å². The molecule has 0 radical (unpaired) electrons. The number of amides is 1. The monoisotopic (exact) mass is 250 g/mol. The van der Waals surface area contributed by atoms with Crippen molar-refractivity contribution in [3.63, 3.8) is 0 Å². The van der Waals surface area contributed by atoms with Gasteiger partial charge in [0.1, 0.15) is 5.54 Å². The van der Waals surface area contributed by atoms with Crippen molar-refractivity contribution in [2.24, 2.45) is 5.73 Å². The molecule has 2 aliphatic rings. The summed E-state index contributed by atoms with van der Waals surface area (Å²) in [6.07, 6.45) is 5.73. The first-order chi connectivity index (χ1) is 8.63. The van der Waals surface area contributed by atoms with E-state index in [4.69, 9.17) is 5.73 Å². The lowest BCUT2D eigenvalue weighted by atomic mass is 10.00. The van der Waals surface area contributed by atoms with E-state index in [2.05, 4.69) is 16.3 Å². The Morgan fingerprint density at radius 1 is 1.44 bits per heavy atom. The lowest BCUT2D eigenvalue weighted by Crippen LogP contribution is -2.51. The zero-order chi connectivity index (χ0) is 13.0. The highest BCUT2D eigenvalue weighted by Crippen LogP contribution is 2.28. The molecule has 1 aliphatic heterocycles. The van der Waals surface area contributed by atoms with E-state index < -0.39 is 5.54 Å². The molecule has 3 N–H and O–H groups in total. The maximum Gasteiger partial charge on any atom is 0.235 e. The van der Waals surface area contributed by atoms with Crippen LogP contribution in [0.3, 0.4) is 0 Å². The molecule has 1 amide bonds. The number of rotatable bonds is 3. The van der Waals surface area contributed by atoms with Crippen molar-refractivity contribution in [1.29, 1.82) is 5.26 Å². The van der Waals surface area contributed by atoms with Gasteiger partial charge in [0.05, 0.1) is 12.6 Å². The van der Waals surface area contributed by atoms with Crippen LogP contribution < -0.4 is 11.1 Å². The SMILES string of the molecule is N#CC1(NC(=O)CN2CCC[C@@H](N)C2)CCCC1. The fourth-order valence-corrected chi connectivity index (χ4v) is 2.99. The highest BCUT2D eigenvalue weighted by Gasteiger charge is 2.35. The van der Waals surface area contributed by atoms with Crippen molar-refractivity contribution in [3.8, 4) is 6.07 Å². The minimum absolute atomic E-state index is 0.0347. The number of carbonyl (C=O) groups is 1. The molecule has 1 aliphatic carbocycles. The second kappa shape index (κ2) is 5.68. The summed E-state index contributed by atoms with van der Waals surface area (Å²) in [4.78, 5) is 14.1. The summed E-state index contributed by atoms with van der Waals surface area (Å²) < 4.78 is 0. The zero-order valence-electron chi connectivity index (χ0n) is 10.8. The van der Waals surface area contributed by atoms with Crippen LogP contribution in [0.2, 0.25) is 0 Å². The maximum absolute atomic E-state index is 12.0. The van der Waals surface area contributed by atoms with E-state index in [0.29, 0.717) is 6.54 Å². The predicted octanol–water partition coefficient (Wildman–Crippen LogP) is 0.362. The van der Waals surface area contributed by atoms with Crippen molar-refractivity contribution in [1.82, 2.24) is 10.2 Å². The molecule has 5 heteroatoms. The van der Waals surface area contributed by atoms with Gasteiger partial charge in [0.25, 0.3) is 0 Å². The molecule has 2 rings (SSSR count). The highest BCUT2D eigenvalue weighted by atomic mass is 16.2. The molecule has 0 bridgehead atoms. The lowest BCUT2D eigenvalue weighted by molar-refractivity contribution is -0.123. The molecule has 1 heterocycles. The molecule has 2 fully saturated rings. The molecule has 0 spiro atoms. The Balaban J connectivity index is 1.83. The Hall–Kier alpha value is -1.12. The van der Waals surface area contributed by atoms with Crippen molar-refractivity contribution in [2.75, 3.05) is 19.6 Å². The van der Waals surface area contributed by atoms with E-state index >= 15 is 0 Å². The van der Waals surface area contributed by atoms with Crippen LogP contribution >= 0.6 is 0 Å². The van der Waals surface area contributed by atoms with E-state index in [1.165, 1.54) is 0 Å². The lowest BCUT2D eigenvalue weighted by Gasteiger charge is -2.31. The van der Waals surface area contributed by atoms with Crippen LogP contribution in [0.4, 0.5) is 0 Å². The molecule has 18 heavy (non-hydrogen) atoms. The van der Waals surface area contributed by atoms with Crippen molar-refractivity contribution in [2.45, 2.75) is 50.1 Å². The largest absolute Gasteiger partial charge is 0.337 e. The first-order valence-electron chi connectivity index (χ1n) is 6.84. The number of likely N-dealkylation sites (tertiary alicyclic amines) is 1. The van der Waals surface area contributed by atoms with Crippen LogP contribution in [-0.4, -0.2) is 42.0 Å². The molecule has 0 aromatic rings. The number of nitrogens with two attached hydrogens (primary N) is 1. The summed E-state index contributed by atoms with van der Waals surface area (Å²) in [5.74, 6) is -0.0347. The van der Waals surface area contributed by atoms with Gasteiger partial charge in [-0.25, -0.2) is 0 Å². The third-order valence-corrected chi connectivity index (χ3v) is 3.96. The van der Waals surface area contributed by atoms with E-state index in [1.807, 2.05) is 0 Å². The Morgan fingerprint density at radius 3 is 2.78 bits per heavy atom. The van der Waals surface area contributed by atoms with Gasteiger partial charge >= 0.3 is 0 Å². The third kappa shape index (κ3) is 3.21. The number of piperidine rings is 1. The summed E-state index contributed by atoms with van der Waals surface area (Å²) >= 11 is 0. The van der Waals surface area contributed by atoms with E-state index in [9.17, 15) is 10.1 Å². The molecular formula is C13H22N4O. The van der Waals surface area contributed by atoms with Crippen LogP contribution in [0.15, 0.2) is 0 Å². The number of carbonyl (C=O) groups excluding carboxylic acids is 1.